The Labute approximate surface area is 111 Å². The van der Waals surface area contributed by atoms with Crippen LogP contribution in [0, 0.1) is 0 Å². The first kappa shape index (κ1) is 13.7. The van der Waals surface area contributed by atoms with Gasteiger partial charge in [0.25, 0.3) is 0 Å². The first-order valence-electron chi connectivity index (χ1n) is 5.66. The van der Waals surface area contributed by atoms with Crippen LogP contribution in [0.15, 0.2) is 30.5 Å². The maximum absolute atomic E-state index is 12.3. The molecule has 1 atom stereocenters. The third-order valence-electron chi connectivity index (χ3n) is 2.71. The molecule has 7 heteroatoms. The lowest BCUT2D eigenvalue weighted by molar-refractivity contribution is 0.172. The molecule has 0 bridgehead atoms. The van der Waals surface area contributed by atoms with Crippen LogP contribution in [0.5, 0.6) is 0 Å². The summed E-state index contributed by atoms with van der Waals surface area (Å²) in [5.74, 6) is 0. The number of fused-ring (bicyclic) bond motifs is 1. The van der Waals surface area contributed by atoms with Gasteiger partial charge in [0, 0.05) is 17.7 Å². The van der Waals surface area contributed by atoms with E-state index in [4.69, 9.17) is 4.18 Å². The lowest BCUT2D eigenvalue weighted by Crippen LogP contribution is -2.53. The minimum atomic E-state index is -4.38. The van der Waals surface area contributed by atoms with E-state index in [9.17, 15) is 18.3 Å². The molecule has 2 rings (SSSR count). The van der Waals surface area contributed by atoms with Gasteiger partial charge in [0.2, 0.25) is 0 Å². The Balaban J connectivity index is 2.67. The van der Waals surface area contributed by atoms with Crippen molar-refractivity contribution in [2.24, 2.45) is 0 Å². The van der Waals surface area contributed by atoms with E-state index in [0.717, 1.165) is 6.20 Å². The van der Waals surface area contributed by atoms with Gasteiger partial charge in [0.05, 0.1) is 6.10 Å². The number of nitrogens with zero attached hydrogens (tertiary/aromatic N) is 1. The van der Waals surface area contributed by atoms with Crippen molar-refractivity contribution in [2.45, 2.75) is 20.0 Å². The molecule has 6 nitrogen and oxygen atoms in total. The summed E-state index contributed by atoms with van der Waals surface area (Å²) in [5.41, 5.74) is 0.691. The van der Waals surface area contributed by atoms with Gasteiger partial charge in [-0.2, -0.15) is 4.79 Å². The first-order chi connectivity index (χ1) is 8.81. The molecular weight excluding hydrogens is 270 g/mol. The standard InChI is InChI=1S/C12H13NO5S/c1-9(2)18-19(16,17)13(12(14)15)8-7-10-5-3-4-6-11(10)13/h3-9H,1-2H3/p+1. The van der Waals surface area contributed by atoms with E-state index in [1.54, 1.807) is 18.2 Å². The van der Waals surface area contributed by atoms with Crippen molar-refractivity contribution in [2.75, 3.05) is 0 Å². The number of benzene rings is 1. The Morgan fingerprint density at radius 1 is 1.32 bits per heavy atom. The highest BCUT2D eigenvalue weighted by atomic mass is 32.2. The molecule has 102 valence electrons. The van der Waals surface area contributed by atoms with Crippen LogP contribution in [0.25, 0.3) is 6.08 Å². The molecule has 0 fully saturated rings. The minimum absolute atomic E-state index is 0.149. The Morgan fingerprint density at radius 2 is 1.95 bits per heavy atom. The van der Waals surface area contributed by atoms with Crippen molar-refractivity contribution in [3.63, 3.8) is 0 Å². The van der Waals surface area contributed by atoms with Crippen LogP contribution in [0.1, 0.15) is 19.4 Å². The maximum atomic E-state index is 12.3. The third-order valence-corrected chi connectivity index (χ3v) is 4.52. The van der Waals surface area contributed by atoms with E-state index in [-0.39, 0.29) is 5.69 Å². The summed E-state index contributed by atoms with van der Waals surface area (Å²) in [4.78, 5) is 11.6. The van der Waals surface area contributed by atoms with Crippen molar-refractivity contribution in [3.05, 3.63) is 36.0 Å². The van der Waals surface area contributed by atoms with Crippen LogP contribution >= 0.6 is 0 Å². The second-order valence-corrected chi connectivity index (χ2v) is 6.01. The fraction of sp³-hybridized carbons (Fsp3) is 0.250. The Bertz CT molecular complexity index is 650. The zero-order valence-corrected chi connectivity index (χ0v) is 11.3. The van der Waals surface area contributed by atoms with Gasteiger partial charge in [-0.1, -0.05) is 12.1 Å². The zero-order chi connectivity index (χ0) is 14.3. The molecule has 0 aliphatic carbocycles. The average Bonchev–Trinajstić information content (AvgIpc) is 2.67. The van der Waals surface area contributed by atoms with Crippen molar-refractivity contribution in [1.29, 1.82) is 0 Å². The second-order valence-electron chi connectivity index (χ2n) is 4.39. The van der Waals surface area contributed by atoms with E-state index in [0.29, 0.717) is 5.56 Å². The van der Waals surface area contributed by atoms with Crippen molar-refractivity contribution in [3.8, 4) is 0 Å². The number of hydrogen-bond donors (Lipinski definition) is 1. The lowest BCUT2D eigenvalue weighted by Gasteiger charge is -2.24. The van der Waals surface area contributed by atoms with Gasteiger partial charge >= 0.3 is 16.4 Å². The summed E-state index contributed by atoms with van der Waals surface area (Å²) in [6, 6.07) is 6.41. The fourth-order valence-corrected chi connectivity index (χ4v) is 3.40. The molecule has 0 aromatic heterocycles. The quantitative estimate of drug-likeness (QED) is 0.861. The van der Waals surface area contributed by atoms with Crippen molar-refractivity contribution in [1.82, 2.24) is 3.89 Å². The summed E-state index contributed by atoms with van der Waals surface area (Å²) < 4.78 is 28.1. The molecule has 1 aromatic rings. The van der Waals surface area contributed by atoms with Gasteiger partial charge in [0.15, 0.2) is 5.69 Å². The number of quaternary nitrogens is 1. The Morgan fingerprint density at radius 3 is 2.53 bits per heavy atom. The second kappa shape index (κ2) is 4.44. The molecule has 0 saturated carbocycles. The Hall–Kier alpha value is -1.70. The van der Waals surface area contributed by atoms with Gasteiger partial charge in [-0.05, 0) is 23.8 Å². The van der Waals surface area contributed by atoms with Crippen LogP contribution < -0.4 is 3.89 Å². The predicted molar refractivity (Wildman–Crippen MR) is 70.4 cm³/mol. The van der Waals surface area contributed by atoms with Gasteiger partial charge < -0.3 is 5.11 Å². The molecule has 1 N–H and O–H groups in total. The molecule has 1 aromatic carbocycles. The molecule has 0 saturated heterocycles. The van der Waals surface area contributed by atoms with E-state index in [1.807, 2.05) is 0 Å². The average molecular weight is 284 g/mol. The summed E-state index contributed by atoms with van der Waals surface area (Å²) in [7, 11) is -4.38. The van der Waals surface area contributed by atoms with Gasteiger partial charge in [-0.3, -0.25) is 0 Å². The number of carboxylic acid groups (broad SMARTS) is 1. The number of hydrogen-bond acceptors (Lipinski definition) is 4. The predicted octanol–water partition coefficient (Wildman–Crippen LogP) is 2.33. The molecule has 1 unspecified atom stereocenters. The highest BCUT2D eigenvalue weighted by Crippen LogP contribution is 2.39. The van der Waals surface area contributed by atoms with Gasteiger partial charge in [0.1, 0.15) is 6.20 Å². The monoisotopic (exact) mass is 284 g/mol. The fourth-order valence-electron chi connectivity index (χ4n) is 1.97. The Kier molecular flexibility index (Phi) is 3.21. The lowest BCUT2D eigenvalue weighted by atomic mass is 10.2. The summed E-state index contributed by atoms with van der Waals surface area (Å²) in [6.07, 6.45) is 0.400. The molecular formula is C12H14NO5S+. The smallest absolute Gasteiger partial charge is 0.434 e. The number of amides is 1. The SMILES string of the molecule is CC(C)OS(=O)(=O)[N+]1(C(=O)O)C=Cc2ccccc21. The summed E-state index contributed by atoms with van der Waals surface area (Å²) in [5, 5.41) is 9.42. The highest BCUT2D eigenvalue weighted by Gasteiger charge is 2.56. The van der Waals surface area contributed by atoms with Crippen LogP contribution in [0.2, 0.25) is 0 Å². The van der Waals surface area contributed by atoms with E-state index < -0.39 is 26.4 Å². The normalized spacial score (nSPS) is 21.6. The van der Waals surface area contributed by atoms with Crippen molar-refractivity contribution < 1.29 is 22.5 Å². The first-order valence-corrected chi connectivity index (χ1v) is 7.02. The van der Waals surface area contributed by atoms with Gasteiger partial charge in [-0.15, -0.1) is 8.42 Å². The number of para-hydroxylation sites is 1. The molecule has 0 radical (unpaired) electrons. The number of carbonyl (C=O) groups is 1. The summed E-state index contributed by atoms with van der Waals surface area (Å²) in [6.45, 7) is 3.06. The molecule has 1 amide bonds. The molecule has 0 spiro atoms. The molecule has 19 heavy (non-hydrogen) atoms. The molecule has 1 aliphatic rings. The number of rotatable bonds is 3. The zero-order valence-electron chi connectivity index (χ0n) is 10.5. The maximum Gasteiger partial charge on any atom is 0.541 e. The largest absolute Gasteiger partial charge is 0.541 e. The molecule has 1 aliphatic heterocycles. The minimum Gasteiger partial charge on any atom is -0.434 e. The molecule has 1 heterocycles. The van der Waals surface area contributed by atoms with Gasteiger partial charge in [-0.25, -0.2) is 4.18 Å². The third kappa shape index (κ3) is 1.95. The van der Waals surface area contributed by atoms with E-state index in [2.05, 4.69) is 0 Å². The van der Waals surface area contributed by atoms with Crippen LogP contribution in [-0.4, -0.2) is 25.7 Å². The van der Waals surface area contributed by atoms with E-state index >= 15 is 0 Å². The topological polar surface area (TPSA) is 80.7 Å². The van der Waals surface area contributed by atoms with Crippen LogP contribution in [0.4, 0.5) is 10.5 Å². The highest BCUT2D eigenvalue weighted by molar-refractivity contribution is 7.87. The van der Waals surface area contributed by atoms with Crippen LogP contribution in [-0.2, 0) is 14.5 Å². The van der Waals surface area contributed by atoms with Crippen LogP contribution in [0.3, 0.4) is 0 Å². The van der Waals surface area contributed by atoms with E-state index in [1.165, 1.54) is 26.0 Å². The van der Waals surface area contributed by atoms with Crippen molar-refractivity contribution >= 4 is 28.2 Å². The summed E-state index contributed by atoms with van der Waals surface area (Å²) >= 11 is 0.